The number of ether oxygens (including phenoxy) is 1. The quantitative estimate of drug-likeness (QED) is 0.417. The molecule has 1 heterocycles. The Balaban J connectivity index is 1.51. The number of likely N-dealkylation sites (N-methyl/N-ethyl adjacent to an activating group) is 1. The second kappa shape index (κ2) is 11.7. The zero-order chi connectivity index (χ0) is 22.9. The van der Waals surface area contributed by atoms with Crippen molar-refractivity contribution in [2.75, 3.05) is 67.0 Å². The molecule has 0 spiro atoms. The Morgan fingerprint density at radius 2 is 1.81 bits per heavy atom. The summed E-state index contributed by atoms with van der Waals surface area (Å²) in [5, 5.41) is 6.48. The number of rotatable bonds is 9. The molecule has 0 unspecified atom stereocenters. The van der Waals surface area contributed by atoms with E-state index in [0.29, 0.717) is 19.1 Å². The summed E-state index contributed by atoms with van der Waals surface area (Å²) in [6, 6.07) is 8.42. The first-order chi connectivity index (χ1) is 15.4. The third-order valence-electron chi connectivity index (χ3n) is 5.70. The molecule has 1 saturated heterocycles. The molecular weight excluding hydrogens is 408 g/mol. The summed E-state index contributed by atoms with van der Waals surface area (Å²) in [7, 11) is 5.13. The predicted molar refractivity (Wildman–Crippen MR) is 125 cm³/mol. The van der Waals surface area contributed by atoms with Crippen LogP contribution in [-0.4, -0.2) is 106 Å². The number of nitrogens with one attached hydrogen (secondary N) is 2. The fraction of sp³-hybridized carbons (Fsp3) is 0.609. The van der Waals surface area contributed by atoms with E-state index in [1.807, 2.05) is 12.1 Å². The maximum Gasteiger partial charge on any atom is 0.243 e. The highest BCUT2D eigenvalue weighted by Gasteiger charge is 2.26. The predicted octanol–water partition coefficient (Wildman–Crippen LogP) is 0.168. The Morgan fingerprint density at radius 1 is 1.12 bits per heavy atom. The van der Waals surface area contributed by atoms with Gasteiger partial charge in [0.25, 0.3) is 0 Å². The molecule has 0 bridgehead atoms. The van der Waals surface area contributed by atoms with Crippen molar-refractivity contribution in [3.63, 3.8) is 0 Å². The summed E-state index contributed by atoms with van der Waals surface area (Å²) in [6.07, 6.45) is 3.05. The lowest BCUT2D eigenvalue weighted by Gasteiger charge is -2.36. The van der Waals surface area contributed by atoms with E-state index < -0.39 is 0 Å². The summed E-state index contributed by atoms with van der Waals surface area (Å²) >= 11 is 0. The van der Waals surface area contributed by atoms with Gasteiger partial charge in [-0.2, -0.15) is 0 Å². The molecule has 2 N–H and O–H groups in total. The van der Waals surface area contributed by atoms with Crippen molar-refractivity contribution in [3.05, 3.63) is 29.8 Å². The van der Waals surface area contributed by atoms with Gasteiger partial charge in [-0.15, -0.1) is 0 Å². The number of carbonyl (C=O) groups is 2. The summed E-state index contributed by atoms with van der Waals surface area (Å²) in [4.78, 5) is 34.6. The summed E-state index contributed by atoms with van der Waals surface area (Å²) in [5.41, 5.74) is 1.20. The van der Waals surface area contributed by atoms with Crippen molar-refractivity contribution in [3.8, 4) is 5.75 Å². The number of amides is 2. The van der Waals surface area contributed by atoms with Gasteiger partial charge in [0.2, 0.25) is 11.8 Å². The second-order valence-electron chi connectivity index (χ2n) is 8.56. The first-order valence-electron chi connectivity index (χ1n) is 11.3. The van der Waals surface area contributed by atoms with Gasteiger partial charge in [-0.05, 0) is 37.0 Å². The minimum atomic E-state index is -0.0326. The minimum absolute atomic E-state index is 0.0326. The van der Waals surface area contributed by atoms with Crippen LogP contribution in [0.1, 0.15) is 18.4 Å². The number of nitrogens with zero attached hydrogens (tertiary/aromatic N) is 4. The molecule has 2 aliphatic rings. The van der Waals surface area contributed by atoms with Crippen LogP contribution < -0.4 is 15.4 Å². The van der Waals surface area contributed by atoms with E-state index in [1.54, 1.807) is 26.1 Å². The second-order valence-corrected chi connectivity index (χ2v) is 8.56. The monoisotopic (exact) mass is 444 g/mol. The van der Waals surface area contributed by atoms with E-state index in [9.17, 15) is 9.59 Å². The van der Waals surface area contributed by atoms with E-state index in [1.165, 1.54) is 5.56 Å². The van der Waals surface area contributed by atoms with Gasteiger partial charge in [0.05, 0.1) is 13.7 Å². The zero-order valence-electron chi connectivity index (χ0n) is 19.5. The minimum Gasteiger partial charge on any atom is -0.497 e. The zero-order valence-corrected chi connectivity index (χ0v) is 19.5. The van der Waals surface area contributed by atoms with Crippen molar-refractivity contribution in [1.29, 1.82) is 0 Å². The maximum absolute atomic E-state index is 12.1. The molecule has 2 fully saturated rings. The maximum atomic E-state index is 12.1. The molecule has 1 aliphatic carbocycles. The molecule has 1 aromatic rings. The Kier molecular flexibility index (Phi) is 8.72. The average molecular weight is 445 g/mol. The number of piperazine rings is 1. The molecule has 1 aromatic carbocycles. The molecule has 1 aliphatic heterocycles. The molecule has 1 saturated carbocycles. The van der Waals surface area contributed by atoms with Crippen LogP contribution in [0, 0.1) is 0 Å². The van der Waals surface area contributed by atoms with Crippen LogP contribution in [0.15, 0.2) is 29.3 Å². The van der Waals surface area contributed by atoms with Crippen LogP contribution in [0.3, 0.4) is 0 Å². The van der Waals surface area contributed by atoms with Crippen LogP contribution in [0.5, 0.6) is 5.75 Å². The van der Waals surface area contributed by atoms with E-state index in [2.05, 4.69) is 37.6 Å². The molecule has 0 radical (unpaired) electrons. The van der Waals surface area contributed by atoms with Gasteiger partial charge in [-0.25, -0.2) is 4.99 Å². The Hall–Kier alpha value is -2.81. The Bertz CT molecular complexity index is 783. The normalized spacial score (nSPS) is 17.1. The van der Waals surface area contributed by atoms with Crippen molar-refractivity contribution < 1.29 is 14.3 Å². The number of hydrogen-bond donors (Lipinski definition) is 2. The lowest BCUT2D eigenvalue weighted by Crippen LogP contribution is -2.54. The van der Waals surface area contributed by atoms with Crippen LogP contribution in [0.2, 0.25) is 0 Å². The van der Waals surface area contributed by atoms with Gasteiger partial charge in [0.15, 0.2) is 5.96 Å². The number of aliphatic imine (C=N–C) groups is 1. The summed E-state index contributed by atoms with van der Waals surface area (Å²) in [6.45, 7) is 4.38. The van der Waals surface area contributed by atoms with E-state index in [4.69, 9.17) is 4.74 Å². The van der Waals surface area contributed by atoms with Gasteiger partial charge in [0.1, 0.15) is 12.3 Å². The van der Waals surface area contributed by atoms with Gasteiger partial charge >= 0.3 is 0 Å². The highest BCUT2D eigenvalue weighted by Crippen LogP contribution is 2.18. The molecule has 176 valence electrons. The molecule has 9 nitrogen and oxygen atoms in total. The van der Waals surface area contributed by atoms with Gasteiger partial charge in [-0.1, -0.05) is 12.1 Å². The van der Waals surface area contributed by atoms with Gasteiger partial charge in [-0.3, -0.25) is 14.5 Å². The molecule has 0 aromatic heterocycles. The number of benzene rings is 1. The van der Waals surface area contributed by atoms with Gasteiger partial charge < -0.3 is 25.2 Å². The van der Waals surface area contributed by atoms with E-state index >= 15 is 0 Å². The molecule has 9 heteroatoms. The Morgan fingerprint density at radius 3 is 2.41 bits per heavy atom. The Labute approximate surface area is 190 Å². The van der Waals surface area contributed by atoms with Crippen LogP contribution in [0.4, 0.5) is 0 Å². The molecule has 32 heavy (non-hydrogen) atoms. The molecule has 2 amide bonds. The third kappa shape index (κ3) is 7.71. The van der Waals surface area contributed by atoms with Crippen molar-refractivity contribution in [2.45, 2.75) is 25.3 Å². The first kappa shape index (κ1) is 23.8. The number of guanidine groups is 1. The highest BCUT2D eigenvalue weighted by molar-refractivity contribution is 5.85. The fourth-order valence-electron chi connectivity index (χ4n) is 3.48. The standard InChI is InChI=1S/C23H36N6O3/c1-27(2)22(31)16-25-23(24-11-10-18-4-8-20(32-3)9-5-18)29-14-12-28(13-15-29)17-21(30)26-19-6-7-19/h4-5,8-9,19H,6-7,10-17H2,1-3H3,(H,24,25)(H,26,30). The molecule has 3 rings (SSSR count). The van der Waals surface area contributed by atoms with E-state index in [0.717, 1.165) is 57.2 Å². The van der Waals surface area contributed by atoms with Crippen LogP contribution in [-0.2, 0) is 16.0 Å². The highest BCUT2D eigenvalue weighted by atomic mass is 16.5. The van der Waals surface area contributed by atoms with Crippen LogP contribution in [0.25, 0.3) is 0 Å². The summed E-state index contributed by atoms with van der Waals surface area (Å²) < 4.78 is 5.21. The topological polar surface area (TPSA) is 89.5 Å². The molecule has 0 atom stereocenters. The number of methoxy groups -OCH3 is 1. The number of hydrogen-bond acceptors (Lipinski definition) is 5. The first-order valence-corrected chi connectivity index (χ1v) is 11.3. The fourth-order valence-corrected chi connectivity index (χ4v) is 3.48. The van der Waals surface area contributed by atoms with Crippen molar-refractivity contribution in [1.82, 2.24) is 25.3 Å². The van der Waals surface area contributed by atoms with Gasteiger partial charge in [0, 0.05) is 52.9 Å². The number of carbonyl (C=O) groups excluding carboxylic acids is 2. The SMILES string of the molecule is COc1ccc(CCNC(=NCC(=O)N(C)C)N2CCN(CC(=O)NC3CC3)CC2)cc1. The van der Waals surface area contributed by atoms with E-state index in [-0.39, 0.29) is 18.4 Å². The lowest BCUT2D eigenvalue weighted by atomic mass is 10.1. The lowest BCUT2D eigenvalue weighted by molar-refractivity contribution is -0.127. The van der Waals surface area contributed by atoms with Crippen molar-refractivity contribution >= 4 is 17.8 Å². The average Bonchev–Trinajstić information content (AvgIpc) is 3.60. The van der Waals surface area contributed by atoms with Crippen molar-refractivity contribution in [2.24, 2.45) is 4.99 Å². The van der Waals surface area contributed by atoms with Crippen LogP contribution >= 0.6 is 0 Å². The molecular formula is C23H36N6O3. The smallest absolute Gasteiger partial charge is 0.243 e. The largest absolute Gasteiger partial charge is 0.497 e. The third-order valence-corrected chi connectivity index (χ3v) is 5.70. The summed E-state index contributed by atoms with van der Waals surface area (Å²) in [5.74, 6) is 1.67.